The van der Waals surface area contributed by atoms with Crippen LogP contribution in [0.2, 0.25) is 0 Å². The van der Waals surface area contributed by atoms with Gasteiger partial charge in [0.1, 0.15) is 0 Å². The molecule has 33 heavy (non-hydrogen) atoms. The van der Waals surface area contributed by atoms with Gasteiger partial charge in [-0.15, -0.1) is 10.2 Å². The number of benzene rings is 3. The van der Waals surface area contributed by atoms with Crippen LogP contribution in [-0.2, 0) is 4.84 Å². The highest BCUT2D eigenvalue weighted by atomic mass is 16.7. The molecule has 0 atom stereocenters. The van der Waals surface area contributed by atoms with Crippen LogP contribution in [0, 0.1) is 27.2 Å². The molecule has 12 nitrogen and oxygen atoms in total. The zero-order valence-corrected chi connectivity index (χ0v) is 17.0. The van der Waals surface area contributed by atoms with Crippen LogP contribution >= 0.6 is 0 Å². The summed E-state index contributed by atoms with van der Waals surface area (Å²) in [5, 5.41) is 29.1. The van der Waals surface area contributed by atoms with Gasteiger partial charge in [0.15, 0.2) is 0 Å². The fraction of sp³-hybridized carbons (Fsp3) is 0.0476. The van der Waals surface area contributed by atoms with E-state index < -0.39 is 33.1 Å². The number of aryl methyl sites for hydroxylation is 1. The first kappa shape index (κ1) is 22.7. The topological polar surface area (TPSA) is 166 Å². The first-order valence-electron chi connectivity index (χ1n) is 9.27. The first-order valence-corrected chi connectivity index (χ1v) is 9.27. The van der Waals surface area contributed by atoms with Crippen molar-refractivity contribution in [2.24, 2.45) is 10.2 Å². The van der Waals surface area contributed by atoms with Gasteiger partial charge in [-0.1, -0.05) is 18.2 Å². The number of non-ortho nitro benzene ring substituents is 2. The number of rotatable bonds is 7. The molecule has 0 saturated heterocycles. The van der Waals surface area contributed by atoms with Gasteiger partial charge in [0, 0.05) is 12.1 Å². The summed E-state index contributed by atoms with van der Waals surface area (Å²) in [4.78, 5) is 49.5. The fourth-order valence-electron chi connectivity index (χ4n) is 2.65. The lowest BCUT2D eigenvalue weighted by molar-refractivity contribution is -0.394. The molecule has 0 bridgehead atoms. The maximum Gasteiger partial charge on any atom is 0.363 e. The zero-order valence-electron chi connectivity index (χ0n) is 17.0. The molecule has 0 saturated carbocycles. The molecule has 0 heterocycles. The predicted molar refractivity (Wildman–Crippen MR) is 115 cm³/mol. The van der Waals surface area contributed by atoms with Gasteiger partial charge >= 0.3 is 5.97 Å². The van der Waals surface area contributed by atoms with Crippen molar-refractivity contribution in [2.75, 3.05) is 5.48 Å². The number of nitrogens with zero attached hydrogens (tertiary/aromatic N) is 4. The average Bonchev–Trinajstić information content (AvgIpc) is 2.81. The van der Waals surface area contributed by atoms with Crippen LogP contribution in [-0.4, -0.2) is 21.7 Å². The lowest BCUT2D eigenvalue weighted by atomic mass is 10.1. The number of carbonyl (C=O) groups is 2. The number of hydrogen-bond acceptors (Lipinski definition) is 9. The molecule has 3 rings (SSSR count). The van der Waals surface area contributed by atoms with E-state index in [2.05, 4.69) is 15.7 Å². The highest BCUT2D eigenvalue weighted by Crippen LogP contribution is 2.24. The number of amides is 1. The number of anilines is 1. The van der Waals surface area contributed by atoms with E-state index in [1.807, 2.05) is 0 Å². The summed E-state index contributed by atoms with van der Waals surface area (Å²) >= 11 is 0. The standard InChI is InChI=1S/C21H15N5O7/c1-13-4-2-3-5-19(13)21(28)33-24-16-8-6-15(7-9-16)22-23-20(27)14-10-17(25(29)30)12-18(11-14)26(31)32/h2-12,24H,1H3. The molecule has 12 heteroatoms. The van der Waals surface area contributed by atoms with E-state index in [0.717, 1.165) is 23.8 Å². The normalized spacial score (nSPS) is 10.6. The summed E-state index contributed by atoms with van der Waals surface area (Å²) in [5.74, 6) is -1.55. The molecule has 0 aliphatic carbocycles. The second-order valence-electron chi connectivity index (χ2n) is 6.61. The quantitative estimate of drug-likeness (QED) is 0.301. The minimum Gasteiger partial charge on any atom is -0.338 e. The second kappa shape index (κ2) is 9.87. The van der Waals surface area contributed by atoms with E-state index >= 15 is 0 Å². The summed E-state index contributed by atoms with van der Waals surface area (Å²) in [6.07, 6.45) is 0. The van der Waals surface area contributed by atoms with Crippen molar-refractivity contribution in [2.45, 2.75) is 6.92 Å². The minimum atomic E-state index is -0.990. The summed E-state index contributed by atoms with van der Waals surface area (Å²) in [7, 11) is 0. The average molecular weight is 449 g/mol. The summed E-state index contributed by atoms with van der Waals surface area (Å²) in [5.41, 5.74) is 2.79. The van der Waals surface area contributed by atoms with Crippen molar-refractivity contribution in [3.05, 3.63) is 104 Å². The van der Waals surface area contributed by atoms with Crippen LogP contribution in [0.4, 0.5) is 22.7 Å². The Labute approximate surface area is 185 Å². The fourth-order valence-corrected chi connectivity index (χ4v) is 2.65. The predicted octanol–water partition coefficient (Wildman–Crippen LogP) is 4.92. The SMILES string of the molecule is Cc1ccccc1C(=O)ONc1ccc(N=NC(=O)c2cc([N+](=O)[O-])cc([N+](=O)[O-])c2)cc1. The highest BCUT2D eigenvalue weighted by Gasteiger charge is 2.19. The second-order valence-corrected chi connectivity index (χ2v) is 6.61. The zero-order chi connectivity index (χ0) is 24.0. The van der Waals surface area contributed by atoms with E-state index in [0.29, 0.717) is 11.3 Å². The summed E-state index contributed by atoms with van der Waals surface area (Å²) < 4.78 is 0. The van der Waals surface area contributed by atoms with Gasteiger partial charge in [-0.3, -0.25) is 25.0 Å². The Balaban J connectivity index is 1.66. The van der Waals surface area contributed by atoms with Gasteiger partial charge in [-0.05, 0) is 42.8 Å². The van der Waals surface area contributed by atoms with E-state index in [4.69, 9.17) is 4.84 Å². The Bertz CT molecular complexity index is 1240. The number of azo groups is 1. The van der Waals surface area contributed by atoms with Crippen molar-refractivity contribution in [3.63, 3.8) is 0 Å². The minimum absolute atomic E-state index is 0.249. The third-order valence-electron chi connectivity index (χ3n) is 4.32. The van der Waals surface area contributed by atoms with Gasteiger partial charge in [-0.2, -0.15) is 0 Å². The van der Waals surface area contributed by atoms with Crippen LogP contribution in [0.3, 0.4) is 0 Å². The molecular formula is C21H15N5O7. The van der Waals surface area contributed by atoms with Crippen molar-refractivity contribution in [1.29, 1.82) is 0 Å². The molecule has 0 radical (unpaired) electrons. The van der Waals surface area contributed by atoms with Crippen LogP contribution in [0.25, 0.3) is 0 Å². The lowest BCUT2D eigenvalue weighted by Gasteiger charge is -2.08. The van der Waals surface area contributed by atoms with Crippen LogP contribution in [0.5, 0.6) is 0 Å². The number of nitrogens with one attached hydrogen (secondary N) is 1. The molecule has 0 unspecified atom stereocenters. The molecular weight excluding hydrogens is 434 g/mol. The largest absolute Gasteiger partial charge is 0.363 e. The Morgan fingerprint density at radius 3 is 2.09 bits per heavy atom. The Kier molecular flexibility index (Phi) is 6.78. The van der Waals surface area contributed by atoms with Crippen LogP contribution in [0.15, 0.2) is 77.0 Å². The summed E-state index contributed by atoms with van der Waals surface area (Å²) in [6.45, 7) is 1.78. The van der Waals surface area contributed by atoms with Crippen molar-refractivity contribution in [1.82, 2.24) is 0 Å². The number of carbonyl (C=O) groups excluding carboxylic acids is 2. The molecule has 1 N–H and O–H groups in total. The van der Waals surface area contributed by atoms with Gasteiger partial charge in [-0.25, -0.2) is 10.3 Å². The first-order chi connectivity index (χ1) is 15.7. The molecule has 3 aromatic rings. The van der Waals surface area contributed by atoms with Crippen molar-refractivity contribution in [3.8, 4) is 0 Å². The third-order valence-corrected chi connectivity index (χ3v) is 4.32. The van der Waals surface area contributed by atoms with Crippen molar-refractivity contribution >= 4 is 34.6 Å². The monoisotopic (exact) mass is 449 g/mol. The number of nitro groups is 2. The van der Waals surface area contributed by atoms with Gasteiger partial charge in [0.05, 0.1) is 38.4 Å². The molecule has 0 aliphatic rings. The Morgan fingerprint density at radius 2 is 1.52 bits per heavy atom. The maximum absolute atomic E-state index is 12.2. The molecule has 1 amide bonds. The molecule has 0 aromatic heterocycles. The van der Waals surface area contributed by atoms with Crippen LogP contribution in [0.1, 0.15) is 26.3 Å². The maximum atomic E-state index is 12.2. The number of nitro benzene ring substituents is 2. The number of hydrogen-bond donors (Lipinski definition) is 1. The third kappa shape index (κ3) is 5.79. The highest BCUT2D eigenvalue weighted by molar-refractivity contribution is 5.96. The molecule has 166 valence electrons. The van der Waals surface area contributed by atoms with E-state index in [-0.39, 0.29) is 11.3 Å². The van der Waals surface area contributed by atoms with E-state index in [1.54, 1.807) is 31.2 Å². The molecule has 0 aliphatic heterocycles. The lowest BCUT2D eigenvalue weighted by Crippen LogP contribution is -2.11. The molecule has 3 aromatic carbocycles. The Hall–Kier alpha value is -5.00. The smallest absolute Gasteiger partial charge is 0.338 e. The van der Waals surface area contributed by atoms with Gasteiger partial charge in [0.25, 0.3) is 17.3 Å². The summed E-state index contributed by atoms with van der Waals surface area (Å²) in [6, 6.07) is 15.4. The van der Waals surface area contributed by atoms with E-state index in [9.17, 15) is 29.8 Å². The molecule has 0 spiro atoms. The molecule has 0 fully saturated rings. The van der Waals surface area contributed by atoms with Crippen molar-refractivity contribution < 1.29 is 24.3 Å². The van der Waals surface area contributed by atoms with Crippen LogP contribution < -0.4 is 5.48 Å². The van der Waals surface area contributed by atoms with Gasteiger partial charge in [0.2, 0.25) is 0 Å². The van der Waals surface area contributed by atoms with Gasteiger partial charge < -0.3 is 4.84 Å². The Morgan fingerprint density at radius 1 is 0.909 bits per heavy atom. The van der Waals surface area contributed by atoms with E-state index in [1.165, 1.54) is 24.3 Å².